The molecule has 0 saturated carbocycles. The zero-order valence-corrected chi connectivity index (χ0v) is 17.9. The third-order valence-electron chi connectivity index (χ3n) is 4.93. The van der Waals surface area contributed by atoms with E-state index in [9.17, 15) is 8.42 Å². The molecule has 0 radical (unpaired) electrons. The monoisotopic (exact) mass is 394 g/mol. The van der Waals surface area contributed by atoms with Gasteiger partial charge in [0, 0.05) is 32.7 Å². The van der Waals surface area contributed by atoms with Crippen molar-refractivity contribution >= 4 is 15.8 Å². The Morgan fingerprint density at radius 1 is 1.30 bits per heavy atom. The Balaban J connectivity index is 1.86. The molecule has 1 fully saturated rings. The number of hydrogen-bond acceptors (Lipinski definition) is 4. The van der Waals surface area contributed by atoms with Crippen LogP contribution in [0.15, 0.2) is 35.3 Å². The standard InChI is InChI=1S/C20H34N4O2S/c1-5-21-19(24-14-15-27(25,26)20(2,3)17-24)22-12-9-13-23(4)16-18-10-7-6-8-11-18/h6-8,10-11H,5,9,12-17H2,1-4H3,(H,21,22). The molecule has 1 aliphatic heterocycles. The lowest BCUT2D eigenvalue weighted by molar-refractivity contribution is 0.323. The molecule has 0 aromatic heterocycles. The smallest absolute Gasteiger partial charge is 0.193 e. The highest BCUT2D eigenvalue weighted by atomic mass is 32.2. The molecule has 6 nitrogen and oxygen atoms in total. The van der Waals surface area contributed by atoms with E-state index in [0.717, 1.165) is 38.6 Å². The van der Waals surface area contributed by atoms with E-state index in [0.29, 0.717) is 13.1 Å². The van der Waals surface area contributed by atoms with E-state index in [1.54, 1.807) is 13.8 Å². The highest BCUT2D eigenvalue weighted by molar-refractivity contribution is 7.92. The summed E-state index contributed by atoms with van der Waals surface area (Å²) >= 11 is 0. The average molecular weight is 395 g/mol. The quantitative estimate of drug-likeness (QED) is 0.435. The Morgan fingerprint density at radius 2 is 2.00 bits per heavy atom. The van der Waals surface area contributed by atoms with E-state index in [2.05, 4.69) is 46.4 Å². The molecule has 0 atom stereocenters. The molecular weight excluding hydrogens is 360 g/mol. The first kappa shape index (κ1) is 21.7. The van der Waals surface area contributed by atoms with Gasteiger partial charge in [0.05, 0.1) is 10.5 Å². The molecule has 27 heavy (non-hydrogen) atoms. The minimum Gasteiger partial charge on any atom is -0.357 e. The van der Waals surface area contributed by atoms with Crippen molar-refractivity contribution in [3.8, 4) is 0 Å². The third-order valence-corrected chi connectivity index (χ3v) is 7.47. The van der Waals surface area contributed by atoms with Crippen LogP contribution in [0.25, 0.3) is 0 Å². The van der Waals surface area contributed by atoms with Gasteiger partial charge in [-0.25, -0.2) is 8.42 Å². The predicted molar refractivity (Wildman–Crippen MR) is 113 cm³/mol. The van der Waals surface area contributed by atoms with E-state index in [4.69, 9.17) is 4.99 Å². The van der Waals surface area contributed by atoms with Gasteiger partial charge in [-0.05, 0) is 46.3 Å². The van der Waals surface area contributed by atoms with Crippen LogP contribution in [0.3, 0.4) is 0 Å². The van der Waals surface area contributed by atoms with Crippen molar-refractivity contribution in [3.63, 3.8) is 0 Å². The normalized spacial score (nSPS) is 19.3. The van der Waals surface area contributed by atoms with Gasteiger partial charge < -0.3 is 15.1 Å². The van der Waals surface area contributed by atoms with E-state index in [1.165, 1.54) is 5.56 Å². The molecule has 152 valence electrons. The zero-order valence-electron chi connectivity index (χ0n) is 17.1. The van der Waals surface area contributed by atoms with Gasteiger partial charge in [0.1, 0.15) is 0 Å². The first-order chi connectivity index (χ1) is 12.7. The summed E-state index contributed by atoms with van der Waals surface area (Å²) in [6.45, 7) is 10.0. The van der Waals surface area contributed by atoms with Gasteiger partial charge in [-0.1, -0.05) is 30.3 Å². The van der Waals surface area contributed by atoms with Crippen LogP contribution in [0.1, 0.15) is 32.8 Å². The maximum atomic E-state index is 12.2. The zero-order chi connectivity index (χ0) is 19.9. The Hall–Kier alpha value is -1.60. The van der Waals surface area contributed by atoms with Crippen LogP contribution in [-0.4, -0.2) is 74.4 Å². The lowest BCUT2D eigenvalue weighted by Gasteiger charge is -2.39. The van der Waals surface area contributed by atoms with Crippen LogP contribution >= 0.6 is 0 Å². The lowest BCUT2D eigenvalue weighted by atomic mass is 10.2. The van der Waals surface area contributed by atoms with Gasteiger partial charge in [-0.3, -0.25) is 4.99 Å². The molecule has 7 heteroatoms. The number of hydrogen-bond donors (Lipinski definition) is 1. The third kappa shape index (κ3) is 6.21. The molecule has 0 amide bonds. The lowest BCUT2D eigenvalue weighted by Crippen LogP contribution is -2.57. The van der Waals surface area contributed by atoms with Crippen LogP contribution in [0.4, 0.5) is 0 Å². The molecule has 0 spiro atoms. The molecule has 1 saturated heterocycles. The second-order valence-electron chi connectivity index (χ2n) is 7.81. The maximum Gasteiger partial charge on any atom is 0.193 e. The number of guanidine groups is 1. The van der Waals surface area contributed by atoms with Crippen molar-refractivity contribution in [1.82, 2.24) is 15.1 Å². The van der Waals surface area contributed by atoms with Gasteiger partial charge in [0.15, 0.2) is 15.8 Å². The summed E-state index contributed by atoms with van der Waals surface area (Å²) in [5, 5.41) is 3.31. The molecule has 1 aliphatic rings. The van der Waals surface area contributed by atoms with Crippen LogP contribution in [0, 0.1) is 0 Å². The van der Waals surface area contributed by atoms with Crippen molar-refractivity contribution < 1.29 is 8.42 Å². The molecule has 1 aromatic carbocycles. The fraction of sp³-hybridized carbons (Fsp3) is 0.650. The largest absolute Gasteiger partial charge is 0.357 e. The van der Waals surface area contributed by atoms with Gasteiger partial charge >= 0.3 is 0 Å². The van der Waals surface area contributed by atoms with E-state index >= 15 is 0 Å². The second kappa shape index (κ2) is 9.55. The number of nitrogens with zero attached hydrogens (tertiary/aromatic N) is 3. The Labute approximate surface area is 164 Å². The van der Waals surface area contributed by atoms with Gasteiger partial charge in [0.2, 0.25) is 0 Å². The average Bonchev–Trinajstić information content (AvgIpc) is 2.61. The SMILES string of the molecule is CCNC(=NCCCN(C)Cc1ccccc1)N1CCS(=O)(=O)C(C)(C)C1. The highest BCUT2D eigenvalue weighted by Gasteiger charge is 2.40. The Morgan fingerprint density at radius 3 is 2.63 bits per heavy atom. The minimum absolute atomic E-state index is 0.185. The van der Waals surface area contributed by atoms with E-state index < -0.39 is 14.6 Å². The summed E-state index contributed by atoms with van der Waals surface area (Å²) in [4.78, 5) is 9.12. The molecule has 1 N–H and O–H groups in total. The van der Waals surface area contributed by atoms with Gasteiger partial charge in [-0.2, -0.15) is 0 Å². The Bertz CT molecular complexity index is 717. The van der Waals surface area contributed by atoms with Gasteiger partial charge in [0.25, 0.3) is 0 Å². The maximum absolute atomic E-state index is 12.2. The number of aliphatic imine (C=N–C) groups is 1. The fourth-order valence-electron chi connectivity index (χ4n) is 3.25. The van der Waals surface area contributed by atoms with Gasteiger partial charge in [-0.15, -0.1) is 0 Å². The molecule has 1 heterocycles. The molecule has 0 bridgehead atoms. The topological polar surface area (TPSA) is 65.0 Å². The second-order valence-corrected chi connectivity index (χ2v) is 10.6. The molecule has 1 aromatic rings. The van der Waals surface area contributed by atoms with Crippen LogP contribution in [0.2, 0.25) is 0 Å². The van der Waals surface area contributed by atoms with Crippen LogP contribution in [-0.2, 0) is 16.4 Å². The number of rotatable bonds is 7. The molecule has 2 rings (SSSR count). The summed E-state index contributed by atoms with van der Waals surface area (Å²) in [5.41, 5.74) is 1.31. The first-order valence-electron chi connectivity index (χ1n) is 9.73. The minimum atomic E-state index is -3.04. The van der Waals surface area contributed by atoms with Crippen molar-refractivity contribution in [3.05, 3.63) is 35.9 Å². The van der Waals surface area contributed by atoms with E-state index in [-0.39, 0.29) is 5.75 Å². The number of sulfone groups is 1. The van der Waals surface area contributed by atoms with Crippen molar-refractivity contribution in [2.24, 2.45) is 4.99 Å². The summed E-state index contributed by atoms with van der Waals surface area (Å²) in [5.74, 6) is 1.01. The number of nitrogens with one attached hydrogen (secondary N) is 1. The Kier molecular flexibility index (Phi) is 7.68. The van der Waals surface area contributed by atoms with Crippen molar-refractivity contribution in [1.29, 1.82) is 0 Å². The molecule has 0 unspecified atom stereocenters. The first-order valence-corrected chi connectivity index (χ1v) is 11.4. The highest BCUT2D eigenvalue weighted by Crippen LogP contribution is 2.23. The predicted octanol–water partition coefficient (Wildman–Crippen LogP) is 1.98. The summed E-state index contributed by atoms with van der Waals surface area (Å²) in [7, 11) is -0.915. The fourth-order valence-corrected chi connectivity index (χ4v) is 4.62. The molecular formula is C20H34N4O2S. The summed E-state index contributed by atoms with van der Waals surface area (Å²) < 4.78 is 23.7. The molecule has 0 aliphatic carbocycles. The summed E-state index contributed by atoms with van der Waals surface area (Å²) in [6.07, 6.45) is 0.966. The van der Waals surface area contributed by atoms with Crippen LogP contribution in [0.5, 0.6) is 0 Å². The van der Waals surface area contributed by atoms with Crippen molar-refractivity contribution in [2.75, 3.05) is 45.5 Å². The van der Waals surface area contributed by atoms with Crippen LogP contribution < -0.4 is 5.32 Å². The van der Waals surface area contributed by atoms with E-state index in [1.807, 2.05) is 13.0 Å². The summed E-state index contributed by atoms with van der Waals surface area (Å²) in [6, 6.07) is 10.5. The number of benzene rings is 1. The van der Waals surface area contributed by atoms with Crippen molar-refractivity contribution in [2.45, 2.75) is 38.5 Å².